The van der Waals surface area contributed by atoms with E-state index in [1.165, 1.54) is 0 Å². The van der Waals surface area contributed by atoms with Crippen LogP contribution in [0.2, 0.25) is 0 Å². The van der Waals surface area contributed by atoms with E-state index in [-0.39, 0.29) is 16.9 Å². The van der Waals surface area contributed by atoms with Crippen molar-refractivity contribution < 1.29 is 17.2 Å². The lowest BCUT2D eigenvalue weighted by atomic mass is 10.2. The van der Waals surface area contributed by atoms with Crippen LogP contribution in [0.4, 0.5) is 8.78 Å². The van der Waals surface area contributed by atoms with Crippen LogP contribution in [-0.2, 0) is 10.0 Å². The van der Waals surface area contributed by atoms with Crippen LogP contribution < -0.4 is 4.72 Å². The predicted molar refractivity (Wildman–Crippen MR) is 76.8 cm³/mol. The van der Waals surface area contributed by atoms with Gasteiger partial charge in [0.2, 0.25) is 10.0 Å². The minimum atomic E-state index is -4.00. The molecule has 0 aliphatic carbocycles. The monoisotopic (exact) mass is 373 g/mol. The van der Waals surface area contributed by atoms with Crippen molar-refractivity contribution in [1.82, 2.24) is 4.72 Å². The quantitative estimate of drug-likeness (QED) is 0.833. The molecule has 19 heavy (non-hydrogen) atoms. The topological polar surface area (TPSA) is 46.2 Å². The molecule has 1 aromatic rings. The van der Waals surface area contributed by atoms with Gasteiger partial charge in [0.25, 0.3) is 0 Å². The van der Waals surface area contributed by atoms with Crippen LogP contribution in [0.5, 0.6) is 0 Å². The second-order valence-electron chi connectivity index (χ2n) is 4.11. The van der Waals surface area contributed by atoms with E-state index in [1.807, 2.05) is 13.2 Å². The maximum Gasteiger partial charge on any atom is 0.244 e. The molecule has 0 amide bonds. The Morgan fingerprint density at radius 3 is 2.58 bits per heavy atom. The van der Waals surface area contributed by atoms with E-state index in [4.69, 9.17) is 0 Å². The number of sulfonamides is 1. The SMILES string of the molecule is CSCC(C)CNS(=O)(=O)c1c(F)cc(F)cc1Br. The van der Waals surface area contributed by atoms with Crippen molar-refractivity contribution in [2.24, 2.45) is 5.92 Å². The van der Waals surface area contributed by atoms with Gasteiger partial charge in [0, 0.05) is 17.1 Å². The molecule has 0 bridgehead atoms. The summed E-state index contributed by atoms with van der Waals surface area (Å²) in [4.78, 5) is -0.565. The van der Waals surface area contributed by atoms with Crippen molar-refractivity contribution in [3.63, 3.8) is 0 Å². The van der Waals surface area contributed by atoms with E-state index in [2.05, 4.69) is 20.7 Å². The van der Waals surface area contributed by atoms with Gasteiger partial charge in [-0.15, -0.1) is 0 Å². The molecule has 108 valence electrons. The summed E-state index contributed by atoms with van der Waals surface area (Å²) in [5.74, 6) is -1.04. The number of benzene rings is 1. The Balaban J connectivity index is 2.95. The molecule has 0 aliphatic heterocycles. The van der Waals surface area contributed by atoms with Gasteiger partial charge in [0.15, 0.2) is 0 Å². The summed E-state index contributed by atoms with van der Waals surface area (Å²) in [6.07, 6.45) is 1.92. The number of rotatable bonds is 6. The molecule has 8 heteroatoms. The van der Waals surface area contributed by atoms with Crippen molar-refractivity contribution in [1.29, 1.82) is 0 Å². The number of nitrogens with one attached hydrogen (secondary N) is 1. The molecular formula is C11H14BrF2NO2S2. The van der Waals surface area contributed by atoms with E-state index in [9.17, 15) is 17.2 Å². The molecule has 0 saturated carbocycles. The summed E-state index contributed by atoms with van der Waals surface area (Å²) in [7, 11) is -4.00. The first kappa shape index (κ1) is 16.9. The van der Waals surface area contributed by atoms with Gasteiger partial charge in [0.1, 0.15) is 16.5 Å². The minimum absolute atomic E-state index is 0.118. The van der Waals surface area contributed by atoms with E-state index >= 15 is 0 Å². The van der Waals surface area contributed by atoms with Gasteiger partial charge in [-0.2, -0.15) is 11.8 Å². The third kappa shape index (κ3) is 4.70. The number of thioether (sulfide) groups is 1. The van der Waals surface area contributed by atoms with E-state index in [0.29, 0.717) is 6.07 Å². The van der Waals surface area contributed by atoms with Gasteiger partial charge in [0.05, 0.1) is 0 Å². The Kier molecular flexibility index (Phi) is 6.22. The highest BCUT2D eigenvalue weighted by Crippen LogP contribution is 2.26. The Hall–Kier alpha value is -0.180. The predicted octanol–water partition coefficient (Wildman–Crippen LogP) is 3.00. The molecule has 3 nitrogen and oxygen atoms in total. The fourth-order valence-corrected chi connectivity index (χ4v) is 4.47. The molecule has 0 fully saturated rings. The molecule has 0 heterocycles. The van der Waals surface area contributed by atoms with E-state index < -0.39 is 26.6 Å². The van der Waals surface area contributed by atoms with Gasteiger partial charge in [-0.1, -0.05) is 6.92 Å². The van der Waals surface area contributed by atoms with Crippen LogP contribution in [0, 0.1) is 17.6 Å². The fourth-order valence-electron chi connectivity index (χ4n) is 1.45. The third-order valence-corrected chi connectivity index (χ3v) is 5.59. The zero-order valence-corrected chi connectivity index (χ0v) is 13.6. The van der Waals surface area contributed by atoms with Gasteiger partial charge in [-0.3, -0.25) is 0 Å². The minimum Gasteiger partial charge on any atom is -0.211 e. The molecule has 1 atom stereocenters. The Labute approximate surface area is 124 Å². The van der Waals surface area contributed by atoms with Gasteiger partial charge >= 0.3 is 0 Å². The summed E-state index contributed by atoms with van der Waals surface area (Å²) >= 11 is 4.46. The average Bonchev–Trinajstić information content (AvgIpc) is 2.25. The lowest BCUT2D eigenvalue weighted by Crippen LogP contribution is -2.30. The Morgan fingerprint density at radius 1 is 1.42 bits per heavy atom. The Bertz CT molecular complexity index is 529. The lowest BCUT2D eigenvalue weighted by Gasteiger charge is -2.13. The molecule has 1 unspecified atom stereocenters. The van der Waals surface area contributed by atoms with Crippen LogP contribution in [0.3, 0.4) is 0 Å². The summed E-state index contributed by atoms with van der Waals surface area (Å²) in [6.45, 7) is 2.08. The standard InChI is InChI=1S/C11H14BrF2NO2S2/c1-7(6-18-2)5-15-19(16,17)11-9(12)3-8(13)4-10(11)14/h3-4,7,15H,5-6H2,1-2H3. The van der Waals surface area contributed by atoms with E-state index in [0.717, 1.165) is 11.8 Å². The molecule has 1 aromatic carbocycles. The maximum atomic E-state index is 13.6. The zero-order chi connectivity index (χ0) is 14.6. The summed E-state index contributed by atoms with van der Waals surface area (Å²) in [5, 5.41) is 0. The van der Waals surface area contributed by atoms with Crippen molar-refractivity contribution in [3.8, 4) is 0 Å². The molecule has 0 aromatic heterocycles. The Morgan fingerprint density at radius 2 is 2.05 bits per heavy atom. The largest absolute Gasteiger partial charge is 0.244 e. The first-order valence-electron chi connectivity index (χ1n) is 5.41. The first-order valence-corrected chi connectivity index (χ1v) is 9.08. The molecule has 1 N–H and O–H groups in total. The van der Waals surface area contributed by atoms with Crippen molar-refractivity contribution >= 4 is 37.7 Å². The molecule has 0 radical (unpaired) electrons. The van der Waals surface area contributed by atoms with Crippen LogP contribution in [0.25, 0.3) is 0 Å². The molecule has 1 rings (SSSR count). The van der Waals surface area contributed by atoms with Crippen LogP contribution in [0.1, 0.15) is 6.92 Å². The number of hydrogen-bond acceptors (Lipinski definition) is 3. The van der Waals surface area contributed by atoms with Crippen LogP contribution >= 0.6 is 27.7 Å². The summed E-state index contributed by atoms with van der Waals surface area (Å²) in [5.41, 5.74) is 0. The van der Waals surface area contributed by atoms with Crippen molar-refractivity contribution in [2.45, 2.75) is 11.8 Å². The summed E-state index contributed by atoms with van der Waals surface area (Å²) in [6, 6.07) is 1.47. The molecular weight excluding hydrogens is 360 g/mol. The van der Waals surface area contributed by atoms with Crippen molar-refractivity contribution in [2.75, 3.05) is 18.6 Å². The second kappa shape index (κ2) is 7.01. The smallest absolute Gasteiger partial charge is 0.211 e. The van der Waals surface area contributed by atoms with Gasteiger partial charge in [-0.05, 0) is 39.9 Å². The van der Waals surface area contributed by atoms with Crippen LogP contribution in [-0.4, -0.2) is 27.0 Å². The number of hydrogen-bond donors (Lipinski definition) is 1. The number of halogens is 3. The first-order chi connectivity index (χ1) is 8.77. The fraction of sp³-hybridized carbons (Fsp3) is 0.455. The molecule has 0 spiro atoms. The summed E-state index contributed by atoms with van der Waals surface area (Å²) < 4.78 is 52.7. The molecule has 0 aliphatic rings. The third-order valence-electron chi connectivity index (χ3n) is 2.30. The highest BCUT2D eigenvalue weighted by atomic mass is 79.9. The normalized spacial score (nSPS) is 13.5. The van der Waals surface area contributed by atoms with E-state index in [1.54, 1.807) is 11.8 Å². The van der Waals surface area contributed by atoms with Gasteiger partial charge < -0.3 is 0 Å². The van der Waals surface area contributed by atoms with Crippen LogP contribution in [0.15, 0.2) is 21.5 Å². The highest BCUT2D eigenvalue weighted by Gasteiger charge is 2.23. The van der Waals surface area contributed by atoms with Crippen molar-refractivity contribution in [3.05, 3.63) is 28.2 Å². The lowest BCUT2D eigenvalue weighted by molar-refractivity contribution is 0.533. The highest BCUT2D eigenvalue weighted by molar-refractivity contribution is 9.10. The maximum absolute atomic E-state index is 13.6. The zero-order valence-electron chi connectivity index (χ0n) is 10.4. The second-order valence-corrected chi connectivity index (χ2v) is 7.58. The molecule has 0 saturated heterocycles. The average molecular weight is 374 g/mol. The van der Waals surface area contributed by atoms with Gasteiger partial charge in [-0.25, -0.2) is 21.9 Å².